The summed E-state index contributed by atoms with van der Waals surface area (Å²) in [6, 6.07) is 11.0. The van der Waals surface area contributed by atoms with Gasteiger partial charge in [0.25, 0.3) is 0 Å². The molecule has 0 saturated carbocycles. The third-order valence-electron chi connectivity index (χ3n) is 3.54. The van der Waals surface area contributed by atoms with E-state index in [1.54, 1.807) is 26.4 Å². The number of hydrogen-bond donors (Lipinski definition) is 1. The molecule has 0 amide bonds. The van der Waals surface area contributed by atoms with Crippen LogP contribution >= 0.6 is 0 Å². The number of anilines is 1. The van der Waals surface area contributed by atoms with Gasteiger partial charge in [0, 0.05) is 11.1 Å². The van der Waals surface area contributed by atoms with Crippen molar-refractivity contribution in [3.05, 3.63) is 42.0 Å². The van der Waals surface area contributed by atoms with Crippen molar-refractivity contribution in [3.8, 4) is 34.4 Å². The molecule has 6 heteroatoms. The Kier molecular flexibility index (Phi) is 3.89. The van der Waals surface area contributed by atoms with Crippen molar-refractivity contribution in [3.63, 3.8) is 0 Å². The van der Waals surface area contributed by atoms with E-state index in [1.807, 2.05) is 31.2 Å². The molecule has 3 rings (SSSR count). The van der Waals surface area contributed by atoms with Gasteiger partial charge < -0.3 is 19.6 Å². The predicted molar refractivity (Wildman–Crippen MR) is 87.4 cm³/mol. The molecule has 2 N–H and O–H groups in total. The van der Waals surface area contributed by atoms with Crippen LogP contribution in [0.5, 0.6) is 11.5 Å². The Morgan fingerprint density at radius 1 is 0.870 bits per heavy atom. The van der Waals surface area contributed by atoms with E-state index in [-0.39, 0.29) is 0 Å². The lowest BCUT2D eigenvalue weighted by molar-refractivity contribution is 0.411. The molecule has 118 valence electrons. The number of benzene rings is 2. The molecule has 0 atom stereocenters. The number of rotatable bonds is 4. The minimum absolute atomic E-state index is 0.405. The van der Waals surface area contributed by atoms with Gasteiger partial charge in [-0.15, -0.1) is 10.2 Å². The maximum absolute atomic E-state index is 5.91. The number of aryl methyl sites for hydroxylation is 1. The molecule has 0 fully saturated rings. The van der Waals surface area contributed by atoms with Gasteiger partial charge >= 0.3 is 0 Å². The Balaban J connectivity index is 1.94. The van der Waals surface area contributed by atoms with Crippen molar-refractivity contribution in [2.24, 2.45) is 0 Å². The van der Waals surface area contributed by atoms with Gasteiger partial charge in [0.15, 0.2) is 0 Å². The molecule has 0 saturated heterocycles. The first-order valence-corrected chi connectivity index (χ1v) is 7.04. The number of nitrogens with two attached hydrogens (primary N) is 1. The maximum Gasteiger partial charge on any atom is 0.248 e. The topological polar surface area (TPSA) is 83.4 Å². The van der Waals surface area contributed by atoms with Gasteiger partial charge in [-0.1, -0.05) is 0 Å². The van der Waals surface area contributed by atoms with Crippen LogP contribution < -0.4 is 15.2 Å². The normalized spacial score (nSPS) is 10.6. The Morgan fingerprint density at radius 2 is 1.43 bits per heavy atom. The van der Waals surface area contributed by atoms with Crippen LogP contribution in [0.4, 0.5) is 5.69 Å². The van der Waals surface area contributed by atoms with Crippen molar-refractivity contribution >= 4 is 5.69 Å². The SMILES string of the molecule is COc1ccc(-c2nnc(-c3ccc(OC)c(N)c3)o2)cc1C. The van der Waals surface area contributed by atoms with Gasteiger partial charge in [-0.2, -0.15) is 0 Å². The zero-order chi connectivity index (χ0) is 16.4. The monoisotopic (exact) mass is 311 g/mol. The van der Waals surface area contributed by atoms with Crippen LogP contribution in [0.3, 0.4) is 0 Å². The van der Waals surface area contributed by atoms with Gasteiger partial charge in [0.1, 0.15) is 11.5 Å². The first-order chi connectivity index (χ1) is 11.1. The van der Waals surface area contributed by atoms with E-state index in [0.717, 1.165) is 22.4 Å². The van der Waals surface area contributed by atoms with Crippen molar-refractivity contribution in [2.75, 3.05) is 20.0 Å². The minimum Gasteiger partial charge on any atom is -0.496 e. The molecule has 0 unspecified atom stereocenters. The summed E-state index contributed by atoms with van der Waals surface area (Å²) in [4.78, 5) is 0. The molecule has 1 aromatic heterocycles. The quantitative estimate of drug-likeness (QED) is 0.744. The molecule has 2 aromatic carbocycles. The highest BCUT2D eigenvalue weighted by atomic mass is 16.5. The first kappa shape index (κ1) is 14.9. The molecule has 0 radical (unpaired) electrons. The summed E-state index contributed by atoms with van der Waals surface area (Å²) >= 11 is 0. The van der Waals surface area contributed by atoms with E-state index in [0.29, 0.717) is 23.2 Å². The second-order valence-electron chi connectivity index (χ2n) is 5.05. The van der Waals surface area contributed by atoms with Gasteiger partial charge in [-0.3, -0.25) is 0 Å². The van der Waals surface area contributed by atoms with E-state index >= 15 is 0 Å². The zero-order valence-corrected chi connectivity index (χ0v) is 13.2. The average Bonchev–Trinajstić information content (AvgIpc) is 3.04. The van der Waals surface area contributed by atoms with E-state index in [1.165, 1.54) is 0 Å². The summed E-state index contributed by atoms with van der Waals surface area (Å²) in [5, 5.41) is 8.19. The molecule has 1 heterocycles. The molecule has 3 aromatic rings. The smallest absolute Gasteiger partial charge is 0.248 e. The van der Waals surface area contributed by atoms with Crippen LogP contribution in [-0.2, 0) is 0 Å². The van der Waals surface area contributed by atoms with Crippen LogP contribution in [0.25, 0.3) is 22.9 Å². The molecular weight excluding hydrogens is 294 g/mol. The average molecular weight is 311 g/mol. The summed E-state index contributed by atoms with van der Waals surface area (Å²) in [7, 11) is 3.21. The number of ether oxygens (including phenoxy) is 2. The van der Waals surface area contributed by atoms with E-state index in [9.17, 15) is 0 Å². The number of nitrogen functional groups attached to an aromatic ring is 1. The van der Waals surface area contributed by atoms with E-state index in [4.69, 9.17) is 19.6 Å². The van der Waals surface area contributed by atoms with Crippen LogP contribution in [0.1, 0.15) is 5.56 Å². The lowest BCUT2D eigenvalue weighted by atomic mass is 10.1. The first-order valence-electron chi connectivity index (χ1n) is 7.04. The maximum atomic E-state index is 5.91. The fourth-order valence-electron chi connectivity index (χ4n) is 2.34. The fourth-order valence-corrected chi connectivity index (χ4v) is 2.34. The summed E-state index contributed by atoms with van der Waals surface area (Å²) in [5.41, 5.74) is 9.01. The largest absolute Gasteiger partial charge is 0.496 e. The molecule has 0 spiro atoms. The molecule has 23 heavy (non-hydrogen) atoms. The molecule has 0 aliphatic carbocycles. The second-order valence-corrected chi connectivity index (χ2v) is 5.05. The van der Waals surface area contributed by atoms with Gasteiger partial charge in [0.05, 0.1) is 19.9 Å². The highest BCUT2D eigenvalue weighted by Crippen LogP contribution is 2.30. The molecule has 0 aliphatic rings. The lowest BCUT2D eigenvalue weighted by Gasteiger charge is -2.05. The Morgan fingerprint density at radius 3 is 1.96 bits per heavy atom. The van der Waals surface area contributed by atoms with Crippen LogP contribution in [0, 0.1) is 6.92 Å². The summed E-state index contributed by atoms with van der Waals surface area (Å²) < 4.78 is 16.1. The number of aromatic nitrogens is 2. The van der Waals surface area contributed by atoms with Gasteiger partial charge in [-0.25, -0.2) is 0 Å². The van der Waals surface area contributed by atoms with Crippen LogP contribution in [0.15, 0.2) is 40.8 Å². The minimum atomic E-state index is 0.405. The molecule has 6 nitrogen and oxygen atoms in total. The highest BCUT2D eigenvalue weighted by molar-refractivity contribution is 5.66. The van der Waals surface area contributed by atoms with E-state index in [2.05, 4.69) is 10.2 Å². The summed E-state index contributed by atoms with van der Waals surface area (Å²) in [6.45, 7) is 1.96. The molecular formula is C17H17N3O3. The number of methoxy groups -OCH3 is 2. The number of hydrogen-bond acceptors (Lipinski definition) is 6. The standard InChI is InChI=1S/C17H17N3O3/c1-10-8-11(4-6-14(10)21-2)16-19-20-17(23-16)12-5-7-15(22-3)13(18)9-12/h4-9H,18H2,1-3H3. The van der Waals surface area contributed by atoms with Crippen molar-refractivity contribution in [1.29, 1.82) is 0 Å². The fraction of sp³-hybridized carbons (Fsp3) is 0.176. The van der Waals surface area contributed by atoms with E-state index < -0.39 is 0 Å². The van der Waals surface area contributed by atoms with Crippen LogP contribution in [0.2, 0.25) is 0 Å². The summed E-state index contributed by atoms with van der Waals surface area (Å²) in [5.74, 6) is 2.28. The zero-order valence-electron chi connectivity index (χ0n) is 13.2. The third kappa shape index (κ3) is 2.83. The van der Waals surface area contributed by atoms with Gasteiger partial charge in [-0.05, 0) is 48.9 Å². The van der Waals surface area contributed by atoms with Crippen molar-refractivity contribution < 1.29 is 13.9 Å². The third-order valence-corrected chi connectivity index (χ3v) is 3.54. The molecule has 0 bridgehead atoms. The van der Waals surface area contributed by atoms with Crippen molar-refractivity contribution in [2.45, 2.75) is 6.92 Å². The lowest BCUT2D eigenvalue weighted by Crippen LogP contribution is -1.92. The Labute approximate surface area is 133 Å². The van der Waals surface area contributed by atoms with Gasteiger partial charge in [0.2, 0.25) is 11.8 Å². The highest BCUT2D eigenvalue weighted by Gasteiger charge is 2.13. The summed E-state index contributed by atoms with van der Waals surface area (Å²) in [6.07, 6.45) is 0. The second kappa shape index (κ2) is 6.00. The van der Waals surface area contributed by atoms with Crippen LogP contribution in [-0.4, -0.2) is 24.4 Å². The molecule has 0 aliphatic heterocycles. The Hall–Kier alpha value is -3.02. The Bertz CT molecular complexity index is 775. The predicted octanol–water partition coefficient (Wildman–Crippen LogP) is 3.31. The van der Waals surface area contributed by atoms with Crippen molar-refractivity contribution in [1.82, 2.24) is 10.2 Å². The number of nitrogens with zero attached hydrogens (tertiary/aromatic N) is 2.